The number of hydrogen-bond donors (Lipinski definition) is 4. The zero-order valence-corrected chi connectivity index (χ0v) is 48.9. The van der Waals surface area contributed by atoms with Gasteiger partial charge >= 0.3 is 0 Å². The molecule has 4 aliphatic rings. The van der Waals surface area contributed by atoms with Crippen LogP contribution in [0.4, 0.5) is 0 Å². The molecule has 10 rings (SSSR count). The fourth-order valence-electron chi connectivity index (χ4n) is 9.65. The van der Waals surface area contributed by atoms with Crippen LogP contribution in [0.2, 0.25) is 0 Å². The number of likely N-dealkylation sites (tertiary alicyclic amines) is 2. The number of alkyl halides is 1. The Kier molecular flexibility index (Phi) is 34.6. The van der Waals surface area contributed by atoms with Crippen molar-refractivity contribution in [2.75, 3.05) is 98.7 Å². The lowest BCUT2D eigenvalue weighted by Crippen LogP contribution is -2.34. The molecule has 0 unspecified atom stereocenters. The number of nitrogens with two attached hydrogens (primary N) is 2. The van der Waals surface area contributed by atoms with Crippen LogP contribution in [0, 0.1) is 0 Å². The average Bonchev–Trinajstić information content (AvgIpc) is 3.78. The third-order valence-corrected chi connectivity index (χ3v) is 14.5. The Morgan fingerprint density at radius 1 is 0.519 bits per heavy atom. The largest absolute Gasteiger partial charge is 0.400 e. The summed E-state index contributed by atoms with van der Waals surface area (Å²) >= 11 is 3.28. The van der Waals surface area contributed by atoms with Gasteiger partial charge in [0.05, 0.1) is 24.3 Å². The quantitative estimate of drug-likeness (QED) is 0.0531. The van der Waals surface area contributed by atoms with Crippen LogP contribution in [0.15, 0.2) is 158 Å². The average molecular weight is 1150 g/mol. The minimum Gasteiger partial charge on any atom is -0.400 e. The summed E-state index contributed by atoms with van der Waals surface area (Å²) in [4.78, 5) is 43.2. The van der Waals surface area contributed by atoms with Gasteiger partial charge in [-0.3, -0.25) is 29.4 Å². The maximum atomic E-state index is 11.8. The number of ether oxygens (including phenoxy) is 2. The first-order chi connectivity index (χ1) is 38.9. The lowest BCUT2D eigenvalue weighted by atomic mass is 9.93. The molecule has 7 heterocycles. The van der Waals surface area contributed by atoms with E-state index in [2.05, 4.69) is 82.4 Å². The SMILES string of the molecule is CO.COCc1ccccc1.COCc1ccccc1.NCCCN1CCC(c2ccccn2)CC1.NCCCN1CCC(c2ccccn2)CC1.O=C1c2ccccc2C(=O)N1CCCBr.[HH].c1ccc(C2CCNCC2)nc1. The van der Waals surface area contributed by atoms with E-state index in [1.165, 1.54) is 97.8 Å². The van der Waals surface area contributed by atoms with Crippen molar-refractivity contribution >= 4 is 27.7 Å². The Bertz CT molecular complexity index is 2300. The number of aromatic nitrogens is 3. The summed E-state index contributed by atoms with van der Waals surface area (Å²) in [5, 5.41) is 11.1. The van der Waals surface area contributed by atoms with E-state index in [1.54, 1.807) is 38.5 Å². The number of nitrogens with one attached hydrogen (secondary N) is 1. The summed E-state index contributed by atoms with van der Waals surface area (Å²) in [6, 6.07) is 45.8. The highest BCUT2D eigenvalue weighted by Gasteiger charge is 2.34. The molecule has 4 aliphatic heterocycles. The molecule has 0 radical (unpaired) electrons. The smallest absolute Gasteiger partial charge is 0.261 e. The number of aliphatic hydroxyl groups is 1. The second-order valence-corrected chi connectivity index (χ2v) is 20.3. The molecule has 0 saturated carbocycles. The van der Waals surface area contributed by atoms with E-state index in [0.717, 1.165) is 71.0 Å². The predicted molar refractivity (Wildman–Crippen MR) is 327 cm³/mol. The molecule has 14 nitrogen and oxygen atoms in total. The lowest BCUT2D eigenvalue weighted by molar-refractivity contribution is 0.0655. The highest BCUT2D eigenvalue weighted by Crippen LogP contribution is 2.28. The van der Waals surface area contributed by atoms with Crippen LogP contribution >= 0.6 is 15.9 Å². The summed E-state index contributed by atoms with van der Waals surface area (Å²) in [6.45, 7) is 12.9. The van der Waals surface area contributed by atoms with Gasteiger partial charge in [-0.25, -0.2) is 0 Å². The first-order valence-corrected chi connectivity index (χ1v) is 29.3. The van der Waals surface area contributed by atoms with Gasteiger partial charge in [-0.05, 0) is 183 Å². The third-order valence-electron chi connectivity index (χ3n) is 13.9. The Labute approximate surface area is 482 Å². The van der Waals surface area contributed by atoms with Crippen LogP contribution in [0.1, 0.15) is 126 Å². The van der Waals surface area contributed by atoms with E-state index >= 15 is 0 Å². The van der Waals surface area contributed by atoms with Crippen molar-refractivity contribution in [1.82, 2.24) is 35.0 Å². The van der Waals surface area contributed by atoms with Crippen molar-refractivity contribution in [3.8, 4) is 0 Å². The highest BCUT2D eigenvalue weighted by atomic mass is 79.9. The van der Waals surface area contributed by atoms with E-state index in [0.29, 0.717) is 48.6 Å². The standard InChI is InChI=1S/2C13H21N3.C11H10BrNO2.C10H14N2.2C8H10O.CH4O.H2/c2*14-7-3-9-16-10-5-12(6-11-16)13-4-1-2-8-15-13;12-6-3-7-13-10(14)8-4-1-2-5-9(8)11(13)15;1-2-6-12-10(3-1)9-4-7-11-8-5-9;2*1-9-7-8-5-3-2-4-6-8;1-2;/h2*1-2,4,8,12H,3,5-7,9-11,14H2;1-2,4-5H,3,6-7H2;1-3,6,9,11H,4-5,7-8H2;2*2-6H,7H2,1H3;2H,1H3;1H. The van der Waals surface area contributed by atoms with Gasteiger partial charge in [-0.1, -0.05) is 107 Å². The van der Waals surface area contributed by atoms with Crippen LogP contribution in [-0.4, -0.2) is 145 Å². The number of halogens is 1. The van der Waals surface area contributed by atoms with Crippen molar-refractivity contribution in [2.24, 2.45) is 11.5 Å². The van der Waals surface area contributed by atoms with Gasteiger partial charge in [0.1, 0.15) is 0 Å². The molecule has 430 valence electrons. The van der Waals surface area contributed by atoms with Crippen molar-refractivity contribution in [1.29, 1.82) is 0 Å². The molecular formula is C64H92BrN9O5. The third kappa shape index (κ3) is 25.2. The molecule has 15 heteroatoms. The van der Waals surface area contributed by atoms with E-state index in [-0.39, 0.29) is 13.2 Å². The molecule has 3 aromatic carbocycles. The number of piperidine rings is 3. The number of pyridine rings is 3. The Balaban J connectivity index is 0.000000253. The molecule has 3 fully saturated rings. The van der Waals surface area contributed by atoms with E-state index in [4.69, 9.17) is 26.0 Å². The molecule has 0 aliphatic carbocycles. The summed E-state index contributed by atoms with van der Waals surface area (Å²) in [5.74, 6) is 1.67. The van der Waals surface area contributed by atoms with Gasteiger partial charge in [-0.15, -0.1) is 0 Å². The first-order valence-electron chi connectivity index (χ1n) is 28.2. The monoisotopic (exact) mass is 1150 g/mol. The topological polar surface area (TPSA) is 185 Å². The molecular weight excluding hydrogens is 1050 g/mol. The number of hydrogen-bond acceptors (Lipinski definition) is 13. The van der Waals surface area contributed by atoms with E-state index in [9.17, 15) is 9.59 Å². The fourth-order valence-corrected chi connectivity index (χ4v) is 9.90. The van der Waals surface area contributed by atoms with Crippen molar-refractivity contribution in [3.05, 3.63) is 197 Å². The number of amides is 2. The summed E-state index contributed by atoms with van der Waals surface area (Å²) in [6.07, 6.45) is 16.1. The van der Waals surface area contributed by atoms with E-state index < -0.39 is 0 Å². The maximum Gasteiger partial charge on any atom is 0.261 e. The number of nitrogens with zero attached hydrogens (tertiary/aromatic N) is 6. The van der Waals surface area contributed by atoms with Crippen LogP contribution in [0.3, 0.4) is 0 Å². The summed E-state index contributed by atoms with van der Waals surface area (Å²) in [7, 11) is 4.40. The number of imide groups is 1. The summed E-state index contributed by atoms with van der Waals surface area (Å²) < 4.78 is 9.86. The minimum atomic E-state index is -0.170. The normalized spacial score (nSPS) is 15.6. The lowest BCUT2D eigenvalue weighted by Gasteiger charge is -2.31. The van der Waals surface area contributed by atoms with Gasteiger partial charge in [0.15, 0.2) is 0 Å². The second kappa shape index (κ2) is 41.4. The number of aliphatic hydroxyl groups excluding tert-OH is 1. The predicted octanol–water partition coefficient (Wildman–Crippen LogP) is 10.4. The first kappa shape index (κ1) is 65.9. The van der Waals surface area contributed by atoms with Gasteiger partial charge in [0.2, 0.25) is 0 Å². The Morgan fingerprint density at radius 2 is 0.873 bits per heavy atom. The van der Waals surface area contributed by atoms with Crippen molar-refractivity contribution in [3.63, 3.8) is 0 Å². The van der Waals surface area contributed by atoms with Crippen LogP contribution in [0.5, 0.6) is 0 Å². The number of rotatable bonds is 16. The molecule has 2 amide bonds. The molecule has 0 bridgehead atoms. The van der Waals surface area contributed by atoms with Crippen molar-refractivity contribution < 1.29 is 25.6 Å². The van der Waals surface area contributed by atoms with Gasteiger partial charge in [-0.2, -0.15) is 0 Å². The number of fused-ring (bicyclic) bond motifs is 1. The molecule has 79 heavy (non-hydrogen) atoms. The summed E-state index contributed by atoms with van der Waals surface area (Å²) in [5.41, 5.74) is 18.3. The number of methoxy groups -OCH3 is 2. The van der Waals surface area contributed by atoms with Gasteiger partial charge in [0.25, 0.3) is 11.8 Å². The minimum absolute atomic E-state index is 0. The van der Waals surface area contributed by atoms with Crippen LogP contribution in [0.25, 0.3) is 0 Å². The van der Waals surface area contributed by atoms with Crippen molar-refractivity contribution in [2.45, 2.75) is 88.8 Å². The maximum absolute atomic E-state index is 11.8. The molecule has 3 saturated heterocycles. The zero-order chi connectivity index (χ0) is 56.6. The molecule has 6 N–H and O–H groups in total. The van der Waals surface area contributed by atoms with Crippen LogP contribution in [-0.2, 0) is 22.7 Å². The van der Waals surface area contributed by atoms with Gasteiger partial charge < -0.3 is 41.2 Å². The second-order valence-electron chi connectivity index (χ2n) is 19.5. The van der Waals surface area contributed by atoms with E-state index in [1.807, 2.05) is 97.5 Å². The molecule has 0 spiro atoms. The Hall–Kier alpha value is -5.59. The molecule has 6 aromatic rings. The van der Waals surface area contributed by atoms with Gasteiger partial charge in [0, 0.05) is 88.1 Å². The zero-order valence-electron chi connectivity index (χ0n) is 47.3. The molecule has 0 atom stereocenters. The molecule has 3 aromatic heterocycles. The fraction of sp³-hybridized carbons (Fsp3) is 0.453. The number of carbonyl (C=O) groups is 2. The Morgan fingerprint density at radius 3 is 1.20 bits per heavy atom. The number of carbonyl (C=O) groups excluding carboxylic acids is 2. The highest BCUT2D eigenvalue weighted by molar-refractivity contribution is 9.09. The van der Waals surface area contributed by atoms with Crippen LogP contribution < -0.4 is 16.8 Å². The number of benzene rings is 3.